The summed E-state index contributed by atoms with van der Waals surface area (Å²) in [4.78, 5) is 39.3. The van der Waals surface area contributed by atoms with Crippen molar-refractivity contribution in [1.82, 2.24) is 0 Å². The first-order valence-electron chi connectivity index (χ1n) is 9.03. The molecule has 0 fully saturated rings. The number of carboxylic acid groups (broad SMARTS) is 1. The second kappa shape index (κ2) is 11.0. The number of carboxylic acids is 1. The van der Waals surface area contributed by atoms with Crippen LogP contribution < -0.4 is 4.74 Å². The van der Waals surface area contributed by atoms with Gasteiger partial charge in [0, 0.05) is 16.5 Å². The van der Waals surface area contributed by atoms with Gasteiger partial charge in [-0.05, 0) is 37.6 Å². The standard InChI is InChI=1S/C20H20BrNO7S/c1-3-5-15(23)22-19-17(20(27)28-4-2)18(26)14(30-19)9-11-8-12(21)6-7-13(11)29-10-16(24)25/h6-9,26H,3-5,10H2,1-2H3,(H,24,25)/b14-9-,22-19?. The fourth-order valence-corrected chi connectivity index (χ4v) is 3.82. The zero-order valence-electron chi connectivity index (χ0n) is 16.3. The molecule has 2 N–H and O–H groups in total. The Labute approximate surface area is 185 Å². The fourth-order valence-electron chi connectivity index (χ4n) is 2.42. The number of rotatable bonds is 8. The van der Waals surface area contributed by atoms with Crippen molar-refractivity contribution in [3.05, 3.63) is 44.5 Å². The molecule has 1 amide bonds. The van der Waals surface area contributed by atoms with Crippen LogP contribution in [0.3, 0.4) is 0 Å². The third-order valence-electron chi connectivity index (χ3n) is 3.67. The number of esters is 1. The Morgan fingerprint density at radius 1 is 1.27 bits per heavy atom. The van der Waals surface area contributed by atoms with Gasteiger partial charge in [0.25, 0.3) is 0 Å². The summed E-state index contributed by atoms with van der Waals surface area (Å²) in [6.45, 7) is 3.01. The summed E-state index contributed by atoms with van der Waals surface area (Å²) in [5.74, 6) is -2.44. The molecule has 0 saturated heterocycles. The second-order valence-corrected chi connectivity index (χ2v) is 7.93. The second-order valence-electron chi connectivity index (χ2n) is 5.98. The Morgan fingerprint density at radius 2 is 2.00 bits per heavy atom. The van der Waals surface area contributed by atoms with Crippen LogP contribution in [-0.4, -0.2) is 46.3 Å². The summed E-state index contributed by atoms with van der Waals surface area (Å²) in [6, 6.07) is 4.92. The number of aliphatic hydroxyl groups is 1. The quantitative estimate of drug-likeness (QED) is 0.514. The van der Waals surface area contributed by atoms with Crippen LogP contribution in [0.15, 0.2) is 43.9 Å². The van der Waals surface area contributed by atoms with Gasteiger partial charge >= 0.3 is 11.9 Å². The minimum Gasteiger partial charge on any atom is -0.506 e. The highest BCUT2D eigenvalue weighted by Gasteiger charge is 2.34. The fraction of sp³-hybridized carbons (Fsp3) is 0.300. The first kappa shape index (κ1) is 23.7. The van der Waals surface area contributed by atoms with Crippen LogP contribution in [0.5, 0.6) is 5.75 Å². The van der Waals surface area contributed by atoms with Crippen molar-refractivity contribution in [2.75, 3.05) is 13.2 Å². The van der Waals surface area contributed by atoms with Gasteiger partial charge in [-0.25, -0.2) is 14.6 Å². The maximum absolute atomic E-state index is 12.3. The summed E-state index contributed by atoms with van der Waals surface area (Å²) in [7, 11) is 0. The molecule has 2 rings (SSSR count). The molecule has 1 heterocycles. The highest BCUT2D eigenvalue weighted by atomic mass is 79.9. The van der Waals surface area contributed by atoms with E-state index in [1.165, 1.54) is 6.08 Å². The lowest BCUT2D eigenvalue weighted by molar-refractivity contribution is -0.139. The van der Waals surface area contributed by atoms with Gasteiger partial charge in [0.2, 0.25) is 5.91 Å². The summed E-state index contributed by atoms with van der Waals surface area (Å²) in [6.07, 6.45) is 2.32. The van der Waals surface area contributed by atoms with Crippen molar-refractivity contribution in [2.24, 2.45) is 4.99 Å². The van der Waals surface area contributed by atoms with E-state index >= 15 is 0 Å². The average Bonchev–Trinajstić information content (AvgIpc) is 2.96. The molecule has 0 bridgehead atoms. The number of halogens is 1. The first-order valence-corrected chi connectivity index (χ1v) is 10.6. The minimum atomic E-state index is -1.14. The number of hydrogen-bond acceptors (Lipinski definition) is 7. The van der Waals surface area contributed by atoms with Gasteiger partial charge in [-0.15, -0.1) is 0 Å². The predicted molar refractivity (Wildman–Crippen MR) is 116 cm³/mol. The molecular formula is C20H20BrNO7S. The first-order chi connectivity index (χ1) is 14.3. The SMILES string of the molecule is CCCC(=O)N=C1S/C(=C\c2cc(Br)ccc2OCC(=O)O)C(O)=C1C(=O)OCC. The number of benzene rings is 1. The van der Waals surface area contributed by atoms with E-state index in [-0.39, 0.29) is 40.1 Å². The molecule has 0 saturated carbocycles. The minimum absolute atomic E-state index is 0.0543. The highest BCUT2D eigenvalue weighted by Crippen LogP contribution is 2.40. The molecule has 30 heavy (non-hydrogen) atoms. The van der Waals surface area contributed by atoms with Crippen LogP contribution in [0.1, 0.15) is 32.3 Å². The molecule has 0 atom stereocenters. The van der Waals surface area contributed by atoms with Gasteiger partial charge in [0.1, 0.15) is 22.1 Å². The van der Waals surface area contributed by atoms with E-state index in [0.717, 1.165) is 11.8 Å². The molecule has 160 valence electrons. The summed E-state index contributed by atoms with van der Waals surface area (Å²) >= 11 is 4.28. The Bertz CT molecular complexity index is 952. The number of amides is 1. The van der Waals surface area contributed by atoms with Crippen LogP contribution >= 0.6 is 27.7 Å². The van der Waals surface area contributed by atoms with Gasteiger partial charge in [-0.1, -0.05) is 34.6 Å². The molecular weight excluding hydrogens is 478 g/mol. The van der Waals surface area contributed by atoms with Crippen LogP contribution in [0.2, 0.25) is 0 Å². The van der Waals surface area contributed by atoms with Crippen LogP contribution in [0, 0.1) is 0 Å². The number of thioether (sulfide) groups is 1. The largest absolute Gasteiger partial charge is 0.506 e. The summed E-state index contributed by atoms with van der Waals surface area (Å²) in [5.41, 5.74) is 0.282. The molecule has 1 aliphatic heterocycles. The predicted octanol–water partition coefficient (Wildman–Crippen LogP) is 4.10. The Hall–Kier alpha value is -2.59. The number of nitrogens with zero attached hydrogens (tertiary/aromatic N) is 1. The zero-order chi connectivity index (χ0) is 22.3. The third-order valence-corrected chi connectivity index (χ3v) is 5.18. The van der Waals surface area contributed by atoms with E-state index in [0.29, 0.717) is 16.5 Å². The Morgan fingerprint density at radius 3 is 2.63 bits per heavy atom. The monoisotopic (exact) mass is 497 g/mol. The number of hydrogen-bond donors (Lipinski definition) is 2. The van der Waals surface area contributed by atoms with Gasteiger partial charge in [-0.2, -0.15) is 0 Å². The molecule has 0 aromatic heterocycles. The van der Waals surface area contributed by atoms with Crippen molar-refractivity contribution < 1.29 is 34.1 Å². The van der Waals surface area contributed by atoms with Crippen molar-refractivity contribution in [2.45, 2.75) is 26.7 Å². The molecule has 0 spiro atoms. The van der Waals surface area contributed by atoms with E-state index in [1.807, 2.05) is 6.92 Å². The van der Waals surface area contributed by atoms with Gasteiger partial charge in [0.15, 0.2) is 6.61 Å². The van der Waals surface area contributed by atoms with Crippen molar-refractivity contribution in [1.29, 1.82) is 0 Å². The number of aliphatic hydroxyl groups excluding tert-OH is 1. The lowest BCUT2D eigenvalue weighted by Gasteiger charge is -2.08. The van der Waals surface area contributed by atoms with E-state index in [2.05, 4.69) is 20.9 Å². The van der Waals surface area contributed by atoms with E-state index in [1.54, 1.807) is 25.1 Å². The average molecular weight is 498 g/mol. The normalized spacial score (nSPS) is 16.2. The molecule has 1 aromatic carbocycles. The molecule has 0 radical (unpaired) electrons. The van der Waals surface area contributed by atoms with Crippen molar-refractivity contribution >= 4 is 56.7 Å². The lowest BCUT2D eigenvalue weighted by Crippen LogP contribution is -2.14. The van der Waals surface area contributed by atoms with Crippen LogP contribution in [0.25, 0.3) is 6.08 Å². The number of aliphatic carboxylic acids is 1. The zero-order valence-corrected chi connectivity index (χ0v) is 18.7. The topological polar surface area (TPSA) is 122 Å². The van der Waals surface area contributed by atoms with Crippen molar-refractivity contribution in [3.8, 4) is 5.75 Å². The summed E-state index contributed by atoms with van der Waals surface area (Å²) < 4.78 is 11.0. The van der Waals surface area contributed by atoms with Crippen LogP contribution in [-0.2, 0) is 19.1 Å². The van der Waals surface area contributed by atoms with Gasteiger partial charge < -0.3 is 19.7 Å². The van der Waals surface area contributed by atoms with Gasteiger partial charge in [-0.3, -0.25) is 4.79 Å². The molecule has 10 heteroatoms. The molecule has 1 aromatic rings. The third kappa shape index (κ3) is 6.20. The van der Waals surface area contributed by atoms with Crippen molar-refractivity contribution in [3.63, 3.8) is 0 Å². The summed E-state index contributed by atoms with van der Waals surface area (Å²) in [5, 5.41) is 19.6. The smallest absolute Gasteiger partial charge is 0.344 e. The van der Waals surface area contributed by atoms with E-state index < -0.39 is 24.5 Å². The van der Waals surface area contributed by atoms with E-state index in [4.69, 9.17) is 14.6 Å². The lowest BCUT2D eigenvalue weighted by atomic mass is 10.1. The Balaban J connectivity index is 2.50. The molecule has 0 unspecified atom stereocenters. The number of carbonyl (C=O) groups excluding carboxylic acids is 2. The maximum atomic E-state index is 12.3. The van der Waals surface area contributed by atoms with Crippen LogP contribution in [0.4, 0.5) is 0 Å². The van der Waals surface area contributed by atoms with Gasteiger partial charge in [0.05, 0.1) is 11.5 Å². The number of ether oxygens (including phenoxy) is 2. The molecule has 1 aliphatic rings. The maximum Gasteiger partial charge on any atom is 0.344 e. The number of aliphatic imine (C=N–C) groups is 1. The number of carbonyl (C=O) groups is 3. The highest BCUT2D eigenvalue weighted by molar-refractivity contribution is 9.10. The van der Waals surface area contributed by atoms with E-state index in [9.17, 15) is 19.5 Å². The molecule has 8 nitrogen and oxygen atoms in total. The molecule has 0 aliphatic carbocycles. The Kier molecular flexibility index (Phi) is 8.67.